The second kappa shape index (κ2) is 10.6. The average molecular weight is 411 g/mol. The van der Waals surface area contributed by atoms with E-state index in [0.717, 1.165) is 35.5 Å². The molecule has 7 nitrogen and oxygen atoms in total. The van der Waals surface area contributed by atoms with Crippen LogP contribution in [0.25, 0.3) is 0 Å². The molecule has 0 spiro atoms. The Morgan fingerprint density at radius 3 is 2.60 bits per heavy atom. The number of hydrogen-bond acceptors (Lipinski definition) is 4. The molecular weight excluding hydrogens is 380 g/mol. The van der Waals surface area contributed by atoms with E-state index in [2.05, 4.69) is 46.1 Å². The van der Waals surface area contributed by atoms with Crippen LogP contribution in [0.5, 0.6) is 5.75 Å². The van der Waals surface area contributed by atoms with E-state index in [1.807, 2.05) is 24.3 Å². The molecular formula is C23H30N4O3. The maximum atomic E-state index is 11.6. The fraction of sp³-hybridized carbons (Fsp3) is 0.391. The molecule has 1 unspecified atom stereocenters. The van der Waals surface area contributed by atoms with E-state index in [1.54, 1.807) is 14.1 Å². The number of rotatable bonds is 7. The van der Waals surface area contributed by atoms with E-state index in [0.29, 0.717) is 31.2 Å². The number of aliphatic imine (C=N–C) groups is 1. The van der Waals surface area contributed by atoms with Gasteiger partial charge in [-0.3, -0.25) is 9.79 Å². The molecule has 1 saturated heterocycles. The van der Waals surface area contributed by atoms with Crippen LogP contribution in [0.3, 0.4) is 0 Å². The van der Waals surface area contributed by atoms with E-state index < -0.39 is 0 Å². The summed E-state index contributed by atoms with van der Waals surface area (Å²) in [4.78, 5) is 15.9. The third-order valence-corrected chi connectivity index (χ3v) is 4.98. The van der Waals surface area contributed by atoms with Crippen LogP contribution in [-0.2, 0) is 17.8 Å². The molecule has 1 atom stereocenters. The van der Waals surface area contributed by atoms with Crippen LogP contribution in [-0.4, -0.2) is 45.3 Å². The van der Waals surface area contributed by atoms with Crippen molar-refractivity contribution in [1.82, 2.24) is 16.0 Å². The minimum absolute atomic E-state index is 0.0905. The van der Waals surface area contributed by atoms with Gasteiger partial charge in [0.15, 0.2) is 5.96 Å². The van der Waals surface area contributed by atoms with Crippen LogP contribution in [0, 0.1) is 6.92 Å². The Hall–Kier alpha value is -3.06. The lowest BCUT2D eigenvalue weighted by molar-refractivity contribution is 0.0963. The SMILES string of the molecule is CN=C(NCc1ccc(C(=O)NC)cc1)NCc1ccc(C)cc1OC1CCOC1. The Balaban J connectivity index is 1.55. The number of carbonyl (C=O) groups is 1. The first-order valence-electron chi connectivity index (χ1n) is 10.2. The van der Waals surface area contributed by atoms with Crippen molar-refractivity contribution in [2.75, 3.05) is 27.3 Å². The molecule has 2 aromatic rings. The Morgan fingerprint density at radius 2 is 1.93 bits per heavy atom. The summed E-state index contributed by atoms with van der Waals surface area (Å²) in [6.45, 7) is 4.65. The van der Waals surface area contributed by atoms with E-state index in [1.165, 1.54) is 0 Å². The number of guanidine groups is 1. The second-order valence-corrected chi connectivity index (χ2v) is 7.27. The minimum Gasteiger partial charge on any atom is -0.488 e. The standard InChI is InChI=1S/C23H30N4O3/c1-16-4-7-19(21(12-16)30-20-10-11-29-15-20)14-27-23(25-3)26-13-17-5-8-18(9-6-17)22(28)24-2/h4-9,12,20H,10-11,13-15H2,1-3H3,(H,24,28)(H2,25,26,27). The molecule has 0 bridgehead atoms. The fourth-order valence-corrected chi connectivity index (χ4v) is 3.21. The molecule has 1 heterocycles. The maximum Gasteiger partial charge on any atom is 0.251 e. The lowest BCUT2D eigenvalue weighted by Crippen LogP contribution is -2.36. The van der Waals surface area contributed by atoms with Gasteiger partial charge in [-0.15, -0.1) is 0 Å². The van der Waals surface area contributed by atoms with Gasteiger partial charge >= 0.3 is 0 Å². The molecule has 30 heavy (non-hydrogen) atoms. The highest BCUT2D eigenvalue weighted by molar-refractivity contribution is 5.93. The van der Waals surface area contributed by atoms with E-state index >= 15 is 0 Å². The number of amides is 1. The van der Waals surface area contributed by atoms with Crippen molar-refractivity contribution in [1.29, 1.82) is 0 Å². The summed E-state index contributed by atoms with van der Waals surface area (Å²) < 4.78 is 11.6. The normalized spacial score (nSPS) is 16.2. The molecule has 3 N–H and O–H groups in total. The van der Waals surface area contributed by atoms with Crippen molar-refractivity contribution >= 4 is 11.9 Å². The highest BCUT2D eigenvalue weighted by Gasteiger charge is 2.18. The summed E-state index contributed by atoms with van der Waals surface area (Å²) in [5, 5.41) is 9.27. The Morgan fingerprint density at radius 1 is 1.17 bits per heavy atom. The average Bonchev–Trinajstić information content (AvgIpc) is 3.28. The molecule has 3 rings (SSSR count). The molecule has 1 aliphatic heterocycles. The topological polar surface area (TPSA) is 84.0 Å². The van der Waals surface area contributed by atoms with E-state index in [4.69, 9.17) is 9.47 Å². The first-order chi connectivity index (χ1) is 14.6. The summed E-state index contributed by atoms with van der Waals surface area (Å²) in [7, 11) is 3.37. The number of nitrogens with one attached hydrogen (secondary N) is 3. The zero-order valence-electron chi connectivity index (χ0n) is 17.8. The number of nitrogens with zero attached hydrogens (tertiary/aromatic N) is 1. The van der Waals surface area contributed by atoms with Crippen LogP contribution < -0.4 is 20.7 Å². The predicted octanol–water partition coefficient (Wildman–Crippen LogP) is 2.39. The van der Waals surface area contributed by atoms with Gasteiger partial charge in [0.1, 0.15) is 11.9 Å². The van der Waals surface area contributed by atoms with Gasteiger partial charge < -0.3 is 25.4 Å². The van der Waals surface area contributed by atoms with Crippen molar-refractivity contribution in [2.24, 2.45) is 4.99 Å². The van der Waals surface area contributed by atoms with Crippen LogP contribution in [0.4, 0.5) is 0 Å². The van der Waals surface area contributed by atoms with Gasteiger partial charge in [-0.05, 0) is 36.2 Å². The lowest BCUT2D eigenvalue weighted by atomic mass is 10.1. The van der Waals surface area contributed by atoms with Gasteiger partial charge in [-0.1, -0.05) is 24.3 Å². The lowest BCUT2D eigenvalue weighted by Gasteiger charge is -2.18. The van der Waals surface area contributed by atoms with Crippen LogP contribution in [0.1, 0.15) is 33.5 Å². The van der Waals surface area contributed by atoms with Gasteiger partial charge in [0.05, 0.1) is 13.2 Å². The Bertz CT molecular complexity index is 875. The van der Waals surface area contributed by atoms with Gasteiger partial charge in [0.25, 0.3) is 5.91 Å². The summed E-state index contributed by atoms with van der Waals surface area (Å²) in [5.41, 5.74) is 3.94. The largest absolute Gasteiger partial charge is 0.488 e. The zero-order valence-corrected chi connectivity index (χ0v) is 17.8. The fourth-order valence-electron chi connectivity index (χ4n) is 3.21. The zero-order chi connectivity index (χ0) is 21.3. The molecule has 0 aliphatic carbocycles. The Kier molecular flexibility index (Phi) is 7.68. The van der Waals surface area contributed by atoms with E-state index in [-0.39, 0.29) is 12.0 Å². The van der Waals surface area contributed by atoms with Gasteiger partial charge in [-0.2, -0.15) is 0 Å². The number of hydrogen-bond donors (Lipinski definition) is 3. The summed E-state index contributed by atoms with van der Waals surface area (Å²) >= 11 is 0. The first kappa shape index (κ1) is 21.6. The molecule has 1 amide bonds. The van der Waals surface area contributed by atoms with Gasteiger partial charge in [0.2, 0.25) is 0 Å². The van der Waals surface area contributed by atoms with Crippen molar-refractivity contribution in [3.8, 4) is 5.75 Å². The number of aryl methyl sites for hydroxylation is 1. The summed E-state index contributed by atoms with van der Waals surface area (Å²) in [6, 6.07) is 13.7. The van der Waals surface area contributed by atoms with Crippen LogP contribution >= 0.6 is 0 Å². The molecule has 2 aromatic carbocycles. The van der Waals surface area contributed by atoms with Crippen molar-refractivity contribution < 1.29 is 14.3 Å². The highest BCUT2D eigenvalue weighted by atomic mass is 16.5. The highest BCUT2D eigenvalue weighted by Crippen LogP contribution is 2.23. The molecule has 0 radical (unpaired) electrons. The number of carbonyl (C=O) groups excluding carboxylic acids is 1. The molecule has 1 fully saturated rings. The molecule has 1 aliphatic rings. The van der Waals surface area contributed by atoms with Gasteiger partial charge in [-0.25, -0.2) is 0 Å². The van der Waals surface area contributed by atoms with Crippen molar-refractivity contribution in [3.05, 3.63) is 64.7 Å². The third-order valence-electron chi connectivity index (χ3n) is 4.98. The Labute approximate surface area is 177 Å². The number of benzene rings is 2. The smallest absolute Gasteiger partial charge is 0.251 e. The maximum absolute atomic E-state index is 11.6. The quantitative estimate of drug-likeness (QED) is 0.482. The molecule has 0 saturated carbocycles. The molecule has 160 valence electrons. The minimum atomic E-state index is -0.0905. The van der Waals surface area contributed by atoms with Gasteiger partial charge in [0, 0.05) is 44.7 Å². The van der Waals surface area contributed by atoms with E-state index in [9.17, 15) is 4.79 Å². The van der Waals surface area contributed by atoms with Crippen molar-refractivity contribution in [3.63, 3.8) is 0 Å². The summed E-state index contributed by atoms with van der Waals surface area (Å²) in [5.74, 6) is 1.49. The van der Waals surface area contributed by atoms with Crippen LogP contribution in [0.15, 0.2) is 47.5 Å². The second-order valence-electron chi connectivity index (χ2n) is 7.27. The molecule has 0 aromatic heterocycles. The van der Waals surface area contributed by atoms with Crippen LogP contribution in [0.2, 0.25) is 0 Å². The summed E-state index contributed by atoms with van der Waals surface area (Å²) in [6.07, 6.45) is 1.03. The third kappa shape index (κ3) is 5.97. The first-order valence-corrected chi connectivity index (χ1v) is 10.2. The number of ether oxygens (including phenoxy) is 2. The monoisotopic (exact) mass is 410 g/mol. The molecule has 7 heteroatoms. The predicted molar refractivity (Wildman–Crippen MR) is 118 cm³/mol. The van der Waals surface area contributed by atoms with Crippen molar-refractivity contribution in [2.45, 2.75) is 32.5 Å².